The van der Waals surface area contributed by atoms with Crippen molar-refractivity contribution in [3.05, 3.63) is 48.6 Å². The van der Waals surface area contributed by atoms with Gasteiger partial charge in [-0.1, -0.05) is 236 Å². The lowest BCUT2D eigenvalue weighted by Crippen LogP contribution is -2.46. The Morgan fingerprint density at radius 2 is 0.785 bits per heavy atom. The minimum Gasteiger partial charge on any atom is -0.462 e. The minimum atomic E-state index is -0.792. The smallest absolute Gasteiger partial charge is 0.306 e. The number of rotatable bonds is 51. The highest BCUT2D eigenvalue weighted by Gasteiger charge is 2.24. The summed E-state index contributed by atoms with van der Waals surface area (Å²) in [5.41, 5.74) is 0. The first-order valence-electron chi connectivity index (χ1n) is 28.4. The van der Waals surface area contributed by atoms with Gasteiger partial charge in [-0.15, -0.1) is 0 Å². The molecule has 6 heteroatoms. The van der Waals surface area contributed by atoms with Crippen molar-refractivity contribution in [3.8, 4) is 0 Å². The molecule has 0 radical (unpaired) electrons. The molecule has 0 aliphatic rings. The number of ether oxygens (including phenoxy) is 1. The van der Waals surface area contributed by atoms with Gasteiger partial charge in [0.1, 0.15) is 6.10 Å². The molecule has 0 rings (SSSR count). The van der Waals surface area contributed by atoms with Crippen LogP contribution in [0.4, 0.5) is 0 Å². The molecule has 6 nitrogen and oxygen atoms in total. The number of aliphatic hydroxyl groups excluding tert-OH is 2. The lowest BCUT2D eigenvalue weighted by Gasteiger charge is -2.24. The normalized spacial score (nSPS) is 13.5. The molecule has 380 valence electrons. The van der Waals surface area contributed by atoms with E-state index in [-0.39, 0.29) is 24.9 Å². The molecule has 0 heterocycles. The van der Waals surface area contributed by atoms with E-state index >= 15 is 0 Å². The second-order valence-electron chi connectivity index (χ2n) is 19.3. The van der Waals surface area contributed by atoms with Crippen molar-refractivity contribution in [1.29, 1.82) is 0 Å². The Bertz CT molecular complexity index is 1110. The van der Waals surface area contributed by atoms with Crippen molar-refractivity contribution in [2.75, 3.05) is 6.61 Å². The van der Waals surface area contributed by atoms with Crippen molar-refractivity contribution >= 4 is 11.9 Å². The number of amides is 1. The van der Waals surface area contributed by atoms with E-state index in [9.17, 15) is 19.8 Å². The van der Waals surface area contributed by atoms with E-state index in [2.05, 4.69) is 74.7 Å². The zero-order chi connectivity index (χ0) is 47.4. The van der Waals surface area contributed by atoms with Crippen molar-refractivity contribution in [3.63, 3.8) is 0 Å². The lowest BCUT2D eigenvalue weighted by atomic mass is 10.0. The van der Waals surface area contributed by atoms with Crippen LogP contribution in [0, 0.1) is 0 Å². The number of aliphatic hydroxyl groups is 2. The molecule has 3 atom stereocenters. The predicted octanol–water partition coefficient (Wildman–Crippen LogP) is 17.4. The zero-order valence-electron chi connectivity index (χ0n) is 43.4. The van der Waals surface area contributed by atoms with Crippen LogP contribution in [-0.2, 0) is 14.3 Å². The molecule has 0 bridgehead atoms. The van der Waals surface area contributed by atoms with Crippen molar-refractivity contribution in [1.82, 2.24) is 5.32 Å². The summed E-state index contributed by atoms with van der Waals surface area (Å²) in [6, 6.07) is -0.706. The Balaban J connectivity index is 4.58. The summed E-state index contributed by atoms with van der Waals surface area (Å²) in [6.45, 7) is 6.46. The topological polar surface area (TPSA) is 95.9 Å². The van der Waals surface area contributed by atoms with Gasteiger partial charge in [0.2, 0.25) is 5.91 Å². The summed E-state index contributed by atoms with van der Waals surface area (Å²) in [5, 5.41) is 23.8. The van der Waals surface area contributed by atoms with Crippen LogP contribution < -0.4 is 5.32 Å². The Labute approximate surface area is 404 Å². The number of carbonyl (C=O) groups is 2. The molecule has 0 aliphatic carbocycles. The quantitative estimate of drug-likeness (QED) is 0.0321. The maximum absolute atomic E-state index is 13.2. The Hall–Kier alpha value is -2.18. The molecule has 1 amide bonds. The lowest BCUT2D eigenvalue weighted by molar-refractivity contribution is -0.151. The molecule has 0 spiro atoms. The number of hydrogen-bond acceptors (Lipinski definition) is 5. The third-order valence-corrected chi connectivity index (χ3v) is 12.9. The van der Waals surface area contributed by atoms with E-state index < -0.39 is 18.2 Å². The Morgan fingerprint density at radius 3 is 1.23 bits per heavy atom. The fourth-order valence-corrected chi connectivity index (χ4v) is 8.55. The van der Waals surface area contributed by atoms with Crippen LogP contribution >= 0.6 is 0 Å². The number of nitrogens with one attached hydrogen (secondary N) is 1. The summed E-state index contributed by atoms with van der Waals surface area (Å²) >= 11 is 0. The molecule has 3 N–H and O–H groups in total. The molecule has 65 heavy (non-hydrogen) atoms. The standard InChI is InChI=1S/C59H109NO5/c1-4-7-10-13-16-19-22-25-27-28-29-30-32-34-37-40-43-46-49-52-59(64)65-55(50-47-44-41-38-35-33-31-26-23-20-17-14-11-8-5-2)53-58(63)60-56(54-61)57(62)51-48-45-42-39-36-24-21-18-15-12-9-6-3/h16,19,25-27,29-31,55-57,61-62H,4-15,17-18,20-24,28,32-54H2,1-3H3,(H,60,63)/b19-16-,27-25-,30-29-,31-26+. The number of allylic oxidation sites excluding steroid dienone is 8. The average Bonchev–Trinajstić information content (AvgIpc) is 3.30. The van der Waals surface area contributed by atoms with E-state index in [1.165, 1.54) is 161 Å². The van der Waals surface area contributed by atoms with Crippen molar-refractivity contribution in [2.45, 2.75) is 309 Å². The van der Waals surface area contributed by atoms with E-state index in [4.69, 9.17) is 4.74 Å². The summed E-state index contributed by atoms with van der Waals surface area (Å²) in [4.78, 5) is 26.2. The van der Waals surface area contributed by atoms with Gasteiger partial charge in [0.15, 0.2) is 0 Å². The fourth-order valence-electron chi connectivity index (χ4n) is 8.55. The van der Waals surface area contributed by atoms with Gasteiger partial charge in [-0.25, -0.2) is 0 Å². The van der Waals surface area contributed by atoms with Crippen LogP contribution in [0.1, 0.15) is 290 Å². The van der Waals surface area contributed by atoms with Crippen LogP contribution in [0.3, 0.4) is 0 Å². The van der Waals surface area contributed by atoms with Gasteiger partial charge < -0.3 is 20.3 Å². The molecular weight excluding hydrogens is 803 g/mol. The number of hydrogen-bond donors (Lipinski definition) is 3. The average molecular weight is 913 g/mol. The summed E-state index contributed by atoms with van der Waals surface area (Å²) < 4.78 is 5.95. The van der Waals surface area contributed by atoms with E-state index in [0.29, 0.717) is 19.3 Å². The number of unbranched alkanes of at least 4 members (excludes halogenated alkanes) is 31. The first-order valence-corrected chi connectivity index (χ1v) is 28.4. The first kappa shape index (κ1) is 62.8. The van der Waals surface area contributed by atoms with Crippen LogP contribution in [0.15, 0.2) is 48.6 Å². The Kier molecular flexibility index (Phi) is 51.0. The Morgan fingerprint density at radius 1 is 0.446 bits per heavy atom. The number of carbonyl (C=O) groups excluding carboxylic acids is 2. The minimum absolute atomic E-state index is 0.0677. The molecule has 0 aromatic rings. The highest BCUT2D eigenvalue weighted by atomic mass is 16.5. The monoisotopic (exact) mass is 912 g/mol. The molecule has 0 aromatic carbocycles. The largest absolute Gasteiger partial charge is 0.462 e. The third-order valence-electron chi connectivity index (χ3n) is 12.9. The van der Waals surface area contributed by atoms with Crippen molar-refractivity contribution in [2.24, 2.45) is 0 Å². The highest BCUT2D eigenvalue weighted by molar-refractivity contribution is 5.77. The predicted molar refractivity (Wildman–Crippen MR) is 282 cm³/mol. The molecular formula is C59H109NO5. The zero-order valence-corrected chi connectivity index (χ0v) is 43.4. The second kappa shape index (κ2) is 52.8. The summed E-state index contributed by atoms with van der Waals surface area (Å²) in [5.74, 6) is -0.487. The van der Waals surface area contributed by atoms with Gasteiger partial charge in [0.25, 0.3) is 0 Å². The van der Waals surface area contributed by atoms with Crippen LogP contribution in [0.5, 0.6) is 0 Å². The van der Waals surface area contributed by atoms with Crippen LogP contribution in [0.2, 0.25) is 0 Å². The van der Waals surface area contributed by atoms with Gasteiger partial charge >= 0.3 is 5.97 Å². The van der Waals surface area contributed by atoms with Crippen LogP contribution in [-0.4, -0.2) is 46.9 Å². The molecule has 0 saturated carbocycles. The SMILES string of the molecule is CCCCC/C=C\C/C=C\C/C=C\CCCCCCCCC(=O)OC(CCCCCCC/C=C/CCCCCCCC)CC(=O)NC(CO)C(O)CCCCCCCCCCCCCC. The molecule has 0 saturated heterocycles. The van der Waals surface area contributed by atoms with Gasteiger partial charge in [-0.2, -0.15) is 0 Å². The summed E-state index contributed by atoms with van der Waals surface area (Å²) in [7, 11) is 0. The van der Waals surface area contributed by atoms with Gasteiger partial charge in [0, 0.05) is 6.42 Å². The van der Waals surface area contributed by atoms with E-state index in [1.807, 2.05) is 0 Å². The fraction of sp³-hybridized carbons (Fsp3) is 0.831. The second-order valence-corrected chi connectivity index (χ2v) is 19.3. The van der Waals surface area contributed by atoms with E-state index in [0.717, 1.165) is 83.5 Å². The molecule has 0 aromatic heterocycles. The number of esters is 1. The van der Waals surface area contributed by atoms with Crippen molar-refractivity contribution < 1.29 is 24.5 Å². The third kappa shape index (κ3) is 48.1. The van der Waals surface area contributed by atoms with Gasteiger partial charge in [-0.3, -0.25) is 9.59 Å². The highest BCUT2D eigenvalue weighted by Crippen LogP contribution is 2.18. The molecule has 0 fully saturated rings. The first-order chi connectivity index (χ1) is 32.0. The van der Waals surface area contributed by atoms with Crippen LogP contribution in [0.25, 0.3) is 0 Å². The maximum Gasteiger partial charge on any atom is 0.306 e. The molecule has 3 unspecified atom stereocenters. The van der Waals surface area contributed by atoms with Gasteiger partial charge in [-0.05, 0) is 89.9 Å². The maximum atomic E-state index is 13.2. The van der Waals surface area contributed by atoms with Gasteiger partial charge in [0.05, 0.1) is 25.2 Å². The summed E-state index contributed by atoms with van der Waals surface area (Å²) in [6.07, 6.45) is 64.5. The molecule has 0 aliphatic heterocycles. The van der Waals surface area contributed by atoms with E-state index in [1.54, 1.807) is 0 Å².